The number of nitrogens with one attached hydrogen (secondary N) is 2. The number of benzene rings is 3. The summed E-state index contributed by atoms with van der Waals surface area (Å²) in [5.41, 5.74) is 9.43. The topological polar surface area (TPSA) is 175 Å². The fourth-order valence-electron chi connectivity index (χ4n) is 5.86. The number of fused-ring (bicyclic) bond motifs is 1. The Morgan fingerprint density at radius 2 is 1.43 bits per heavy atom. The van der Waals surface area contributed by atoms with Gasteiger partial charge in [-0.1, -0.05) is 98.8 Å². The zero-order valence-corrected chi connectivity index (χ0v) is 28.6. The fourth-order valence-corrected chi connectivity index (χ4v) is 5.86. The van der Waals surface area contributed by atoms with Crippen LogP contribution in [0.25, 0.3) is 0 Å². The first kappa shape index (κ1) is 36.3. The van der Waals surface area contributed by atoms with E-state index in [1.807, 2.05) is 86.6 Å². The Hall–Kier alpha value is -5.98. The molecule has 0 radical (unpaired) electrons. The molecule has 0 spiro atoms. The molecule has 3 aromatic carbocycles. The molecule has 13 heteroatoms. The Kier molecular flexibility index (Phi) is 12.2. The van der Waals surface area contributed by atoms with Crippen LogP contribution in [0.2, 0.25) is 0 Å². The predicted molar refractivity (Wildman–Crippen MR) is 187 cm³/mol. The number of alkyl carbamates (subject to hydrolysis) is 1. The average Bonchev–Trinajstić information content (AvgIpc) is 3.61. The number of imidazole rings is 1. The smallest absolute Gasteiger partial charge is 0.419 e. The van der Waals surface area contributed by atoms with Crippen molar-refractivity contribution >= 4 is 29.9 Å². The number of nitrogens with zero attached hydrogens (tertiary/aromatic N) is 3. The molecule has 0 saturated heterocycles. The lowest BCUT2D eigenvalue weighted by Gasteiger charge is -2.37. The molecule has 1 aliphatic rings. The molecule has 0 aliphatic carbocycles. The molecule has 266 valence electrons. The fraction of sp³-hybridized carbons (Fsp3) is 0.316. The molecule has 13 nitrogen and oxygen atoms in total. The van der Waals surface area contributed by atoms with Gasteiger partial charge in [-0.2, -0.15) is 0 Å². The van der Waals surface area contributed by atoms with E-state index in [0.29, 0.717) is 5.69 Å². The van der Waals surface area contributed by atoms with Crippen molar-refractivity contribution in [2.45, 2.75) is 71.0 Å². The van der Waals surface area contributed by atoms with Gasteiger partial charge in [-0.25, -0.2) is 19.1 Å². The molecule has 4 N–H and O–H groups in total. The van der Waals surface area contributed by atoms with Crippen LogP contribution in [-0.4, -0.2) is 62.5 Å². The van der Waals surface area contributed by atoms with Crippen molar-refractivity contribution in [2.24, 2.45) is 11.7 Å². The third-order valence-electron chi connectivity index (χ3n) is 8.47. The monoisotopic (exact) mass is 694 g/mol. The van der Waals surface area contributed by atoms with Crippen LogP contribution < -0.4 is 16.4 Å². The number of carbonyl (C=O) groups is 5. The number of hydrogen-bond acceptors (Lipinski definition) is 8. The molecule has 0 saturated carbocycles. The highest BCUT2D eigenvalue weighted by atomic mass is 16.6. The first-order valence-electron chi connectivity index (χ1n) is 16.8. The standard InChI is InChI=1S/C38H42N6O7/c1-25(2)17-32(36(47)44-20-29-16-10-9-15-28(29)18-33(44)34(39)45)41-35(46)31(42-37(48)50-22-26-11-5-3-6-12-26)19-30-21-43(24-40-30)38(49)51-23-27-13-7-4-8-14-27/h3-16,21,24-25,31-33H,17-20,22-23H2,1-2H3,(H2,39,45)(H,41,46)(H,42,48)/t31-,32-,33+/m0/s1. The van der Waals surface area contributed by atoms with Gasteiger partial charge in [-0.3, -0.25) is 14.4 Å². The number of amides is 4. The number of ether oxygens (including phenoxy) is 2. The summed E-state index contributed by atoms with van der Waals surface area (Å²) in [7, 11) is 0. The van der Waals surface area contributed by atoms with Gasteiger partial charge in [0.1, 0.15) is 37.7 Å². The van der Waals surface area contributed by atoms with Crippen molar-refractivity contribution in [3.63, 3.8) is 0 Å². The molecule has 51 heavy (non-hydrogen) atoms. The zero-order chi connectivity index (χ0) is 36.3. The average molecular weight is 695 g/mol. The van der Waals surface area contributed by atoms with Crippen LogP contribution in [0, 0.1) is 5.92 Å². The maximum absolute atomic E-state index is 14.1. The number of rotatable bonds is 13. The third-order valence-corrected chi connectivity index (χ3v) is 8.47. The highest BCUT2D eigenvalue weighted by molar-refractivity contribution is 5.94. The van der Waals surface area contributed by atoms with Crippen LogP contribution in [-0.2, 0) is 56.5 Å². The summed E-state index contributed by atoms with van der Waals surface area (Å²) in [5.74, 6) is -1.82. The molecule has 1 aromatic heterocycles. The zero-order valence-electron chi connectivity index (χ0n) is 28.6. The number of hydrogen-bond donors (Lipinski definition) is 3. The number of nitrogens with two attached hydrogens (primary N) is 1. The van der Waals surface area contributed by atoms with Crippen LogP contribution in [0.1, 0.15) is 48.2 Å². The van der Waals surface area contributed by atoms with Crippen LogP contribution in [0.15, 0.2) is 97.5 Å². The maximum Gasteiger partial charge on any atom is 0.419 e. The summed E-state index contributed by atoms with van der Waals surface area (Å²) in [4.78, 5) is 72.1. The molecule has 1 aliphatic heterocycles. The normalized spacial score (nSPS) is 14.9. The van der Waals surface area contributed by atoms with Crippen molar-refractivity contribution in [3.05, 3.63) is 125 Å². The van der Waals surface area contributed by atoms with Gasteiger partial charge in [0.25, 0.3) is 0 Å². The third kappa shape index (κ3) is 10.0. The lowest BCUT2D eigenvalue weighted by Crippen LogP contribution is -2.59. The van der Waals surface area contributed by atoms with E-state index in [-0.39, 0.29) is 44.9 Å². The predicted octanol–water partition coefficient (Wildman–Crippen LogP) is 3.88. The molecule has 0 unspecified atom stereocenters. The van der Waals surface area contributed by atoms with E-state index in [1.54, 1.807) is 12.1 Å². The Labute approximate surface area is 296 Å². The second-order valence-electron chi connectivity index (χ2n) is 12.8. The lowest BCUT2D eigenvalue weighted by atomic mass is 9.92. The summed E-state index contributed by atoms with van der Waals surface area (Å²) in [6.07, 6.45) is 1.49. The Morgan fingerprint density at radius 1 is 0.824 bits per heavy atom. The minimum atomic E-state index is -1.26. The number of carbonyl (C=O) groups excluding carboxylic acids is 5. The maximum atomic E-state index is 14.1. The molecule has 0 bridgehead atoms. The van der Waals surface area contributed by atoms with Gasteiger partial charge in [0.15, 0.2) is 0 Å². The molecule has 0 fully saturated rings. The Balaban J connectivity index is 1.33. The molecule has 3 atom stereocenters. The van der Waals surface area contributed by atoms with Crippen molar-refractivity contribution in [1.29, 1.82) is 0 Å². The van der Waals surface area contributed by atoms with Gasteiger partial charge in [-0.15, -0.1) is 0 Å². The highest BCUT2D eigenvalue weighted by Crippen LogP contribution is 2.25. The largest absolute Gasteiger partial charge is 0.445 e. The minimum absolute atomic E-state index is 0.0248. The quantitative estimate of drug-likeness (QED) is 0.189. The van der Waals surface area contributed by atoms with Crippen molar-refractivity contribution in [1.82, 2.24) is 25.1 Å². The van der Waals surface area contributed by atoms with Gasteiger partial charge in [0, 0.05) is 25.6 Å². The first-order valence-corrected chi connectivity index (χ1v) is 16.8. The van der Waals surface area contributed by atoms with Crippen LogP contribution in [0.3, 0.4) is 0 Å². The van der Waals surface area contributed by atoms with Gasteiger partial charge >= 0.3 is 12.2 Å². The second-order valence-corrected chi connectivity index (χ2v) is 12.8. The summed E-state index contributed by atoms with van der Waals surface area (Å²) < 4.78 is 11.9. The summed E-state index contributed by atoms with van der Waals surface area (Å²) >= 11 is 0. The Bertz CT molecular complexity index is 1830. The highest BCUT2D eigenvalue weighted by Gasteiger charge is 2.38. The van der Waals surface area contributed by atoms with Gasteiger partial charge in [0.2, 0.25) is 17.7 Å². The number of primary amides is 1. The number of aromatic nitrogens is 2. The second kappa shape index (κ2) is 17.1. The molecule has 4 aromatic rings. The molecule has 2 heterocycles. The van der Waals surface area contributed by atoms with E-state index < -0.39 is 48.0 Å². The van der Waals surface area contributed by atoms with Crippen molar-refractivity contribution < 1.29 is 33.4 Å². The van der Waals surface area contributed by atoms with Crippen molar-refractivity contribution in [2.75, 3.05) is 0 Å². The van der Waals surface area contributed by atoms with Crippen LogP contribution in [0.4, 0.5) is 9.59 Å². The van der Waals surface area contributed by atoms with Crippen LogP contribution in [0.5, 0.6) is 0 Å². The minimum Gasteiger partial charge on any atom is -0.445 e. The Morgan fingerprint density at radius 3 is 2.06 bits per heavy atom. The SMILES string of the molecule is CC(C)C[C@H](NC(=O)[C@H](Cc1cn(C(=O)OCc2ccccc2)cn1)NC(=O)OCc1ccccc1)C(=O)N1Cc2ccccc2C[C@@H]1C(N)=O. The molecule has 4 amide bonds. The van der Waals surface area contributed by atoms with E-state index >= 15 is 0 Å². The molecular weight excluding hydrogens is 652 g/mol. The molecule has 5 rings (SSSR count). The lowest BCUT2D eigenvalue weighted by molar-refractivity contribution is -0.144. The van der Waals surface area contributed by atoms with Gasteiger partial charge < -0.3 is 30.7 Å². The van der Waals surface area contributed by atoms with Crippen LogP contribution >= 0.6 is 0 Å². The molecular formula is C38H42N6O7. The summed E-state index contributed by atoms with van der Waals surface area (Å²) in [6, 6.07) is 22.5. The van der Waals surface area contributed by atoms with E-state index in [1.165, 1.54) is 17.4 Å². The van der Waals surface area contributed by atoms with E-state index in [4.69, 9.17) is 15.2 Å². The summed E-state index contributed by atoms with van der Waals surface area (Å²) in [6.45, 7) is 3.98. The van der Waals surface area contributed by atoms with E-state index in [2.05, 4.69) is 15.6 Å². The van der Waals surface area contributed by atoms with E-state index in [9.17, 15) is 24.0 Å². The summed E-state index contributed by atoms with van der Waals surface area (Å²) in [5, 5.41) is 5.42. The van der Waals surface area contributed by atoms with E-state index in [0.717, 1.165) is 26.8 Å². The first-order chi connectivity index (χ1) is 24.6. The van der Waals surface area contributed by atoms with Crippen molar-refractivity contribution in [3.8, 4) is 0 Å². The van der Waals surface area contributed by atoms with Gasteiger partial charge in [-0.05, 0) is 34.6 Å². The van der Waals surface area contributed by atoms with Gasteiger partial charge in [0.05, 0.1) is 5.69 Å².